The first-order chi connectivity index (χ1) is 7.89. The van der Waals surface area contributed by atoms with E-state index >= 15 is 0 Å². The van der Waals surface area contributed by atoms with Gasteiger partial charge in [0.25, 0.3) is 0 Å². The summed E-state index contributed by atoms with van der Waals surface area (Å²) < 4.78 is 11.4. The van der Waals surface area contributed by atoms with Crippen molar-refractivity contribution in [2.75, 3.05) is 20.8 Å². The summed E-state index contributed by atoms with van der Waals surface area (Å²) in [7, 11) is 3.51. The quantitative estimate of drug-likeness (QED) is 0.772. The lowest BCUT2D eigenvalue weighted by Gasteiger charge is -2.47. The van der Waals surface area contributed by atoms with Gasteiger partial charge in [0.15, 0.2) is 5.79 Å². The van der Waals surface area contributed by atoms with Crippen LogP contribution < -0.4 is 5.73 Å². The van der Waals surface area contributed by atoms with Crippen molar-refractivity contribution in [1.29, 1.82) is 0 Å². The summed E-state index contributed by atoms with van der Waals surface area (Å²) >= 11 is 0. The minimum atomic E-state index is -0.402. The van der Waals surface area contributed by atoms with Crippen molar-refractivity contribution in [3.63, 3.8) is 0 Å². The van der Waals surface area contributed by atoms with Crippen molar-refractivity contribution in [2.45, 2.75) is 52.2 Å². The number of nitrogens with two attached hydrogens (primary N) is 1. The highest BCUT2D eigenvalue weighted by Gasteiger charge is 2.46. The fourth-order valence-corrected chi connectivity index (χ4v) is 3.17. The summed E-state index contributed by atoms with van der Waals surface area (Å²) in [5, 5.41) is 0. The van der Waals surface area contributed by atoms with Gasteiger partial charge in [-0.3, -0.25) is 0 Å². The van der Waals surface area contributed by atoms with Gasteiger partial charge in [-0.1, -0.05) is 20.8 Å². The molecular weight excluding hydrogens is 214 g/mol. The van der Waals surface area contributed by atoms with Gasteiger partial charge in [-0.25, -0.2) is 0 Å². The van der Waals surface area contributed by atoms with Crippen LogP contribution >= 0.6 is 0 Å². The minimum absolute atomic E-state index is 0.362. The molecule has 1 saturated carbocycles. The Bertz CT molecular complexity index is 231. The standard InChI is InChI=1S/C14H29NO2/c1-13(2,3)11-6-8-14(16-4,17-5)12(10-11)7-9-15/h11-12H,6-10,15H2,1-5H3. The van der Waals surface area contributed by atoms with Crippen LogP contribution in [0, 0.1) is 17.3 Å². The van der Waals surface area contributed by atoms with E-state index in [0.29, 0.717) is 17.9 Å². The van der Waals surface area contributed by atoms with Crippen molar-refractivity contribution in [3.05, 3.63) is 0 Å². The number of hydrogen-bond acceptors (Lipinski definition) is 3. The van der Waals surface area contributed by atoms with E-state index in [1.54, 1.807) is 14.2 Å². The molecular formula is C14H29NO2. The minimum Gasteiger partial charge on any atom is -0.353 e. The van der Waals surface area contributed by atoms with Crippen LogP contribution in [0.1, 0.15) is 46.5 Å². The molecule has 0 bridgehead atoms. The SMILES string of the molecule is COC1(OC)CCC(C(C)(C)C)CC1CCN. The molecule has 0 saturated heterocycles. The molecule has 2 unspecified atom stereocenters. The Kier molecular flexibility index (Phi) is 4.99. The maximum atomic E-state index is 5.73. The predicted octanol–water partition coefficient (Wildman–Crippen LogP) is 2.79. The molecule has 0 spiro atoms. The summed E-state index contributed by atoms with van der Waals surface area (Å²) in [5.74, 6) is 0.749. The number of rotatable bonds is 4. The lowest BCUT2D eigenvalue weighted by molar-refractivity contribution is -0.263. The van der Waals surface area contributed by atoms with Crippen LogP contribution in [-0.2, 0) is 9.47 Å². The lowest BCUT2D eigenvalue weighted by Crippen LogP contribution is -2.48. The Morgan fingerprint density at radius 3 is 2.24 bits per heavy atom. The van der Waals surface area contributed by atoms with Crippen molar-refractivity contribution < 1.29 is 9.47 Å². The normalized spacial score (nSPS) is 29.3. The molecule has 102 valence electrons. The van der Waals surface area contributed by atoms with Crippen LogP contribution in [0.15, 0.2) is 0 Å². The van der Waals surface area contributed by atoms with Gasteiger partial charge >= 0.3 is 0 Å². The maximum Gasteiger partial charge on any atom is 0.170 e. The Balaban J connectivity index is 2.80. The molecule has 2 atom stereocenters. The Hall–Kier alpha value is -0.120. The molecule has 0 aliphatic heterocycles. The van der Waals surface area contributed by atoms with E-state index in [4.69, 9.17) is 15.2 Å². The van der Waals surface area contributed by atoms with Gasteiger partial charge in [0, 0.05) is 26.6 Å². The molecule has 3 heteroatoms. The van der Waals surface area contributed by atoms with Gasteiger partial charge in [0.05, 0.1) is 0 Å². The van der Waals surface area contributed by atoms with E-state index in [-0.39, 0.29) is 0 Å². The molecule has 0 amide bonds. The lowest BCUT2D eigenvalue weighted by atomic mass is 9.66. The number of ether oxygens (including phenoxy) is 2. The molecule has 0 heterocycles. The van der Waals surface area contributed by atoms with Crippen LogP contribution in [0.25, 0.3) is 0 Å². The molecule has 17 heavy (non-hydrogen) atoms. The van der Waals surface area contributed by atoms with Gasteiger partial charge in [-0.15, -0.1) is 0 Å². The van der Waals surface area contributed by atoms with E-state index in [1.165, 1.54) is 6.42 Å². The van der Waals surface area contributed by atoms with E-state index in [0.717, 1.165) is 25.2 Å². The van der Waals surface area contributed by atoms with Crippen LogP contribution in [0.5, 0.6) is 0 Å². The zero-order valence-corrected chi connectivity index (χ0v) is 12.1. The molecule has 0 aromatic carbocycles. The molecule has 1 fully saturated rings. The highest BCUT2D eigenvalue weighted by molar-refractivity contribution is 4.91. The fourth-order valence-electron chi connectivity index (χ4n) is 3.17. The third kappa shape index (κ3) is 3.21. The van der Waals surface area contributed by atoms with Gasteiger partial charge in [-0.05, 0) is 37.1 Å². The van der Waals surface area contributed by atoms with E-state index < -0.39 is 5.79 Å². The molecule has 1 aliphatic carbocycles. The van der Waals surface area contributed by atoms with Gasteiger partial charge < -0.3 is 15.2 Å². The zero-order chi connectivity index (χ0) is 13.1. The van der Waals surface area contributed by atoms with E-state index in [2.05, 4.69) is 20.8 Å². The summed E-state index contributed by atoms with van der Waals surface area (Å²) in [5.41, 5.74) is 6.09. The summed E-state index contributed by atoms with van der Waals surface area (Å²) in [4.78, 5) is 0. The first kappa shape index (κ1) is 14.9. The van der Waals surface area contributed by atoms with Crippen molar-refractivity contribution in [2.24, 2.45) is 23.0 Å². The summed E-state index contributed by atoms with van der Waals surface area (Å²) in [6, 6.07) is 0. The van der Waals surface area contributed by atoms with Crippen molar-refractivity contribution in [3.8, 4) is 0 Å². The monoisotopic (exact) mass is 243 g/mol. The molecule has 1 rings (SSSR count). The smallest absolute Gasteiger partial charge is 0.170 e. The average molecular weight is 243 g/mol. The van der Waals surface area contributed by atoms with Gasteiger partial charge in [-0.2, -0.15) is 0 Å². The number of methoxy groups -OCH3 is 2. The molecule has 0 aromatic rings. The van der Waals surface area contributed by atoms with Gasteiger partial charge in [0.2, 0.25) is 0 Å². The maximum absolute atomic E-state index is 5.73. The van der Waals surface area contributed by atoms with E-state index in [1.807, 2.05) is 0 Å². The summed E-state index contributed by atoms with van der Waals surface area (Å²) in [6.07, 6.45) is 4.29. The average Bonchev–Trinajstić information content (AvgIpc) is 2.28. The molecule has 1 aliphatic rings. The van der Waals surface area contributed by atoms with Crippen LogP contribution in [0.4, 0.5) is 0 Å². The molecule has 2 N–H and O–H groups in total. The van der Waals surface area contributed by atoms with Crippen molar-refractivity contribution in [1.82, 2.24) is 0 Å². The van der Waals surface area contributed by atoms with Gasteiger partial charge in [0.1, 0.15) is 0 Å². The Morgan fingerprint density at radius 2 is 1.82 bits per heavy atom. The second-order valence-corrected chi connectivity index (χ2v) is 6.33. The first-order valence-corrected chi connectivity index (χ1v) is 6.70. The molecule has 3 nitrogen and oxygen atoms in total. The highest BCUT2D eigenvalue weighted by atomic mass is 16.7. The van der Waals surface area contributed by atoms with Crippen molar-refractivity contribution >= 4 is 0 Å². The Labute approximate surface area is 106 Å². The Morgan fingerprint density at radius 1 is 1.24 bits per heavy atom. The molecule has 0 radical (unpaired) electrons. The second kappa shape index (κ2) is 5.68. The third-order valence-corrected chi connectivity index (χ3v) is 4.46. The van der Waals surface area contributed by atoms with E-state index in [9.17, 15) is 0 Å². The topological polar surface area (TPSA) is 44.5 Å². The van der Waals surface area contributed by atoms with Crippen LogP contribution in [0.3, 0.4) is 0 Å². The summed E-state index contributed by atoms with van der Waals surface area (Å²) in [6.45, 7) is 7.67. The largest absolute Gasteiger partial charge is 0.353 e. The van der Waals surface area contributed by atoms with Crippen LogP contribution in [0.2, 0.25) is 0 Å². The predicted molar refractivity (Wildman–Crippen MR) is 70.7 cm³/mol. The second-order valence-electron chi connectivity index (χ2n) is 6.33. The molecule has 0 aromatic heterocycles. The fraction of sp³-hybridized carbons (Fsp3) is 1.00. The zero-order valence-electron chi connectivity index (χ0n) is 12.1. The third-order valence-electron chi connectivity index (χ3n) is 4.46. The number of hydrogen-bond donors (Lipinski definition) is 1. The highest BCUT2D eigenvalue weighted by Crippen LogP contribution is 2.47. The first-order valence-electron chi connectivity index (χ1n) is 6.70. The van der Waals surface area contributed by atoms with Crippen LogP contribution in [-0.4, -0.2) is 26.6 Å².